The van der Waals surface area contributed by atoms with Crippen LogP contribution >= 0.6 is 15.9 Å². The maximum atomic E-state index is 13.0. The molecule has 24 heavy (non-hydrogen) atoms. The fourth-order valence-electron chi connectivity index (χ4n) is 2.57. The second kappa shape index (κ2) is 6.97. The predicted molar refractivity (Wildman–Crippen MR) is 93.1 cm³/mol. The summed E-state index contributed by atoms with van der Waals surface area (Å²) in [6.07, 6.45) is 1.02. The summed E-state index contributed by atoms with van der Waals surface area (Å²) in [4.78, 5) is 37.6. The van der Waals surface area contributed by atoms with Crippen molar-refractivity contribution < 1.29 is 14.4 Å². The number of imide groups is 1. The molecule has 3 rings (SSSR count). The summed E-state index contributed by atoms with van der Waals surface area (Å²) in [5.74, 6) is -1.14. The molecule has 122 valence electrons. The fourth-order valence-corrected chi connectivity index (χ4v) is 2.84. The van der Waals surface area contributed by atoms with Gasteiger partial charge in [-0.15, -0.1) is 0 Å². The number of anilines is 1. The fraction of sp³-hybridized carbons (Fsp3) is 0.167. The number of carbonyl (C=O) groups is 3. The van der Waals surface area contributed by atoms with Gasteiger partial charge in [-0.2, -0.15) is 5.01 Å². The quantitative estimate of drug-likeness (QED) is 0.757. The van der Waals surface area contributed by atoms with Gasteiger partial charge in [0.15, 0.2) is 0 Å². The molecule has 2 aromatic carbocycles. The number of hydrazine groups is 1. The lowest BCUT2D eigenvalue weighted by atomic mass is 10.1. The van der Waals surface area contributed by atoms with Crippen LogP contribution in [0.1, 0.15) is 29.6 Å². The minimum atomic E-state index is -0.419. The third kappa shape index (κ3) is 3.23. The van der Waals surface area contributed by atoms with Crippen molar-refractivity contribution in [1.82, 2.24) is 5.01 Å². The number of nitrogens with zero attached hydrogens (tertiary/aromatic N) is 2. The Kier molecular flexibility index (Phi) is 4.76. The lowest BCUT2D eigenvalue weighted by Crippen LogP contribution is -2.54. The van der Waals surface area contributed by atoms with Gasteiger partial charge in [-0.25, -0.2) is 5.01 Å². The van der Waals surface area contributed by atoms with E-state index in [4.69, 9.17) is 0 Å². The third-order valence-electron chi connectivity index (χ3n) is 3.74. The maximum absolute atomic E-state index is 13.0. The van der Waals surface area contributed by atoms with Crippen LogP contribution in [0.5, 0.6) is 0 Å². The van der Waals surface area contributed by atoms with E-state index < -0.39 is 5.91 Å². The first-order valence-corrected chi connectivity index (χ1v) is 8.38. The van der Waals surface area contributed by atoms with Crippen molar-refractivity contribution in [1.29, 1.82) is 0 Å². The molecule has 0 bridgehead atoms. The van der Waals surface area contributed by atoms with Gasteiger partial charge in [-0.1, -0.05) is 34.1 Å². The van der Waals surface area contributed by atoms with E-state index in [1.54, 1.807) is 48.5 Å². The van der Waals surface area contributed by atoms with Gasteiger partial charge in [0, 0.05) is 22.9 Å². The summed E-state index contributed by atoms with van der Waals surface area (Å²) in [6, 6.07) is 15.5. The van der Waals surface area contributed by atoms with Crippen molar-refractivity contribution >= 4 is 39.3 Å². The minimum Gasteiger partial charge on any atom is -0.273 e. The number of benzene rings is 2. The van der Waals surface area contributed by atoms with E-state index in [1.807, 2.05) is 6.07 Å². The van der Waals surface area contributed by atoms with Gasteiger partial charge in [0.05, 0.1) is 5.69 Å². The van der Waals surface area contributed by atoms with Crippen LogP contribution in [0.2, 0.25) is 0 Å². The molecule has 6 heteroatoms. The Morgan fingerprint density at radius 3 is 2.08 bits per heavy atom. The van der Waals surface area contributed by atoms with E-state index >= 15 is 0 Å². The maximum Gasteiger partial charge on any atom is 0.277 e. The summed E-state index contributed by atoms with van der Waals surface area (Å²) in [6.45, 7) is 0. The molecule has 1 heterocycles. The van der Waals surface area contributed by atoms with Gasteiger partial charge in [0.2, 0.25) is 11.8 Å². The molecule has 0 saturated carbocycles. The summed E-state index contributed by atoms with van der Waals surface area (Å²) in [5, 5.41) is 2.15. The zero-order valence-electron chi connectivity index (χ0n) is 12.8. The number of para-hydroxylation sites is 1. The molecule has 3 amide bonds. The molecule has 0 aromatic heterocycles. The standard InChI is InChI=1S/C18H15BrN2O3/c19-14-11-9-13(10-12-14)18(24)20(15-5-2-1-3-6-15)21-16(22)7-4-8-17(21)23/h1-3,5-6,9-12H,4,7-8H2. The van der Waals surface area contributed by atoms with Gasteiger partial charge in [0.1, 0.15) is 0 Å². The zero-order chi connectivity index (χ0) is 17.1. The number of hydrogen-bond donors (Lipinski definition) is 0. The smallest absolute Gasteiger partial charge is 0.273 e. The highest BCUT2D eigenvalue weighted by molar-refractivity contribution is 9.10. The summed E-state index contributed by atoms with van der Waals surface area (Å²) in [5.41, 5.74) is 0.877. The van der Waals surface area contributed by atoms with Crippen LogP contribution < -0.4 is 5.01 Å². The zero-order valence-corrected chi connectivity index (χ0v) is 14.4. The molecule has 1 saturated heterocycles. The molecule has 0 N–H and O–H groups in total. The predicted octanol–water partition coefficient (Wildman–Crippen LogP) is 3.55. The monoisotopic (exact) mass is 386 g/mol. The number of hydrogen-bond acceptors (Lipinski definition) is 3. The second-order valence-corrected chi connectivity index (χ2v) is 6.33. The van der Waals surface area contributed by atoms with E-state index in [-0.39, 0.29) is 24.7 Å². The van der Waals surface area contributed by atoms with Crippen LogP contribution in [0.4, 0.5) is 5.69 Å². The van der Waals surface area contributed by atoms with Crippen LogP contribution in [0.3, 0.4) is 0 Å². The van der Waals surface area contributed by atoms with E-state index in [9.17, 15) is 14.4 Å². The molecule has 0 spiro atoms. The van der Waals surface area contributed by atoms with Crippen LogP contribution in [0.25, 0.3) is 0 Å². The molecule has 0 unspecified atom stereocenters. The second-order valence-electron chi connectivity index (χ2n) is 5.41. The summed E-state index contributed by atoms with van der Waals surface area (Å²) in [7, 11) is 0. The Bertz CT molecular complexity index is 759. The van der Waals surface area contributed by atoms with Crippen LogP contribution in [0, 0.1) is 0 Å². The van der Waals surface area contributed by atoms with E-state index in [0.29, 0.717) is 17.7 Å². The molecular weight excluding hydrogens is 372 g/mol. The first-order valence-electron chi connectivity index (χ1n) is 7.58. The van der Waals surface area contributed by atoms with Crippen molar-refractivity contribution in [3.05, 3.63) is 64.6 Å². The number of piperidine rings is 1. The van der Waals surface area contributed by atoms with Crippen LogP contribution in [-0.2, 0) is 9.59 Å². The van der Waals surface area contributed by atoms with Crippen LogP contribution in [-0.4, -0.2) is 22.7 Å². The van der Waals surface area contributed by atoms with Crippen LogP contribution in [0.15, 0.2) is 59.1 Å². The highest BCUT2D eigenvalue weighted by Crippen LogP contribution is 2.24. The Balaban J connectivity index is 2.05. The highest BCUT2D eigenvalue weighted by Gasteiger charge is 2.35. The number of halogens is 1. The van der Waals surface area contributed by atoms with Crippen molar-refractivity contribution in [3.63, 3.8) is 0 Å². The third-order valence-corrected chi connectivity index (χ3v) is 4.27. The van der Waals surface area contributed by atoms with Gasteiger partial charge in [-0.3, -0.25) is 14.4 Å². The lowest BCUT2D eigenvalue weighted by molar-refractivity contribution is -0.148. The molecule has 1 fully saturated rings. The van der Waals surface area contributed by atoms with Crippen molar-refractivity contribution in [2.24, 2.45) is 0 Å². The normalized spacial score (nSPS) is 14.6. The molecule has 1 aliphatic rings. The summed E-state index contributed by atoms with van der Waals surface area (Å²) < 4.78 is 0.843. The van der Waals surface area contributed by atoms with Crippen molar-refractivity contribution in [2.45, 2.75) is 19.3 Å². The Morgan fingerprint density at radius 1 is 0.917 bits per heavy atom. The number of amides is 3. The Labute approximate surface area is 148 Å². The van der Waals surface area contributed by atoms with E-state index in [2.05, 4.69) is 15.9 Å². The number of carbonyl (C=O) groups excluding carboxylic acids is 3. The average Bonchev–Trinajstić information content (AvgIpc) is 2.59. The highest BCUT2D eigenvalue weighted by atomic mass is 79.9. The Morgan fingerprint density at radius 2 is 1.50 bits per heavy atom. The minimum absolute atomic E-state index is 0.253. The largest absolute Gasteiger partial charge is 0.277 e. The molecule has 0 aliphatic carbocycles. The van der Waals surface area contributed by atoms with Crippen molar-refractivity contribution in [2.75, 3.05) is 5.01 Å². The Hall–Kier alpha value is -2.47. The lowest BCUT2D eigenvalue weighted by Gasteiger charge is -2.35. The first kappa shape index (κ1) is 16.4. The van der Waals surface area contributed by atoms with E-state index in [0.717, 1.165) is 9.48 Å². The molecular formula is C18H15BrN2O3. The van der Waals surface area contributed by atoms with Gasteiger partial charge >= 0.3 is 0 Å². The molecule has 0 atom stereocenters. The van der Waals surface area contributed by atoms with Gasteiger partial charge in [0.25, 0.3) is 5.91 Å². The van der Waals surface area contributed by atoms with Gasteiger partial charge < -0.3 is 0 Å². The van der Waals surface area contributed by atoms with Crippen molar-refractivity contribution in [3.8, 4) is 0 Å². The molecule has 0 radical (unpaired) electrons. The van der Waals surface area contributed by atoms with E-state index in [1.165, 1.54) is 5.01 Å². The molecule has 2 aromatic rings. The van der Waals surface area contributed by atoms with Gasteiger partial charge in [-0.05, 0) is 42.8 Å². The molecule has 5 nitrogen and oxygen atoms in total. The summed E-state index contributed by atoms with van der Waals surface area (Å²) >= 11 is 3.33. The topological polar surface area (TPSA) is 57.7 Å². The average molecular weight is 387 g/mol. The first-order chi connectivity index (χ1) is 11.6. The SMILES string of the molecule is O=C1CCCC(=O)N1N(C(=O)c1ccc(Br)cc1)c1ccccc1. The molecule has 1 aliphatic heterocycles. The number of rotatable bonds is 3.